The van der Waals surface area contributed by atoms with Gasteiger partial charge in [-0.25, -0.2) is 4.79 Å². The van der Waals surface area contributed by atoms with Crippen LogP contribution in [0.4, 0.5) is 0 Å². The van der Waals surface area contributed by atoms with Crippen molar-refractivity contribution >= 4 is 18.0 Å². The molecule has 1 heterocycles. The third-order valence-corrected chi connectivity index (χ3v) is 4.14. The van der Waals surface area contributed by atoms with Crippen molar-refractivity contribution in [3.63, 3.8) is 0 Å². The van der Waals surface area contributed by atoms with Crippen molar-refractivity contribution in [1.29, 1.82) is 0 Å². The first-order chi connectivity index (χ1) is 13.3. The van der Waals surface area contributed by atoms with Gasteiger partial charge in [-0.3, -0.25) is 4.79 Å². The van der Waals surface area contributed by atoms with E-state index in [-0.39, 0.29) is 0 Å². The summed E-state index contributed by atoms with van der Waals surface area (Å²) in [6.45, 7) is 2.65. The standard InChI is InChI=1S/C19H24O9/c1-10-17(16(22)18(19(23)26-10)27-11(2)20)28-15(21)8-6-12-5-7-13(24-3)14(9-12)25-4/h5-10,16-19,22-23H,1-4H3/t10-,16+,17-,18+,19+/m0/s1. The van der Waals surface area contributed by atoms with E-state index in [0.717, 1.165) is 6.92 Å². The Bertz CT molecular complexity index is 730. The molecule has 2 rings (SSSR count). The number of rotatable bonds is 6. The number of methoxy groups -OCH3 is 2. The van der Waals surface area contributed by atoms with Crippen LogP contribution in [0.15, 0.2) is 24.3 Å². The van der Waals surface area contributed by atoms with Crippen molar-refractivity contribution in [2.45, 2.75) is 44.6 Å². The summed E-state index contributed by atoms with van der Waals surface area (Å²) in [5, 5.41) is 20.1. The van der Waals surface area contributed by atoms with Crippen molar-refractivity contribution in [3.8, 4) is 11.5 Å². The summed E-state index contributed by atoms with van der Waals surface area (Å²) in [4.78, 5) is 23.3. The van der Waals surface area contributed by atoms with E-state index >= 15 is 0 Å². The van der Waals surface area contributed by atoms with E-state index in [1.807, 2.05) is 0 Å². The molecule has 1 fully saturated rings. The van der Waals surface area contributed by atoms with Gasteiger partial charge in [0.25, 0.3) is 0 Å². The topological polar surface area (TPSA) is 121 Å². The van der Waals surface area contributed by atoms with Gasteiger partial charge in [0, 0.05) is 13.0 Å². The summed E-state index contributed by atoms with van der Waals surface area (Å²) in [7, 11) is 3.02. The summed E-state index contributed by atoms with van der Waals surface area (Å²) in [5.41, 5.74) is 0.663. The molecule has 0 radical (unpaired) electrons. The van der Waals surface area contributed by atoms with Crippen LogP contribution >= 0.6 is 0 Å². The minimum atomic E-state index is -1.52. The second-order valence-corrected chi connectivity index (χ2v) is 6.15. The molecule has 1 aromatic rings. The number of aliphatic hydroxyl groups excluding tert-OH is 2. The molecule has 0 unspecified atom stereocenters. The van der Waals surface area contributed by atoms with Crippen LogP contribution in [0.2, 0.25) is 0 Å². The van der Waals surface area contributed by atoms with Gasteiger partial charge >= 0.3 is 11.9 Å². The number of hydrogen-bond donors (Lipinski definition) is 2. The molecule has 28 heavy (non-hydrogen) atoms. The van der Waals surface area contributed by atoms with Crippen molar-refractivity contribution < 1.29 is 43.5 Å². The maximum atomic E-state index is 12.2. The van der Waals surface area contributed by atoms with Crippen LogP contribution in [0.25, 0.3) is 6.08 Å². The lowest BCUT2D eigenvalue weighted by atomic mass is 9.99. The van der Waals surface area contributed by atoms with Gasteiger partial charge in [-0.2, -0.15) is 0 Å². The van der Waals surface area contributed by atoms with Crippen LogP contribution in [0, 0.1) is 0 Å². The van der Waals surface area contributed by atoms with E-state index in [0.29, 0.717) is 17.1 Å². The number of carbonyl (C=O) groups excluding carboxylic acids is 2. The highest BCUT2D eigenvalue weighted by molar-refractivity contribution is 5.87. The Kier molecular flexibility index (Phi) is 7.38. The molecule has 1 aromatic carbocycles. The molecule has 0 amide bonds. The maximum absolute atomic E-state index is 12.2. The maximum Gasteiger partial charge on any atom is 0.331 e. The number of aliphatic hydroxyl groups is 2. The van der Waals surface area contributed by atoms with Gasteiger partial charge in [-0.05, 0) is 30.7 Å². The zero-order valence-corrected chi connectivity index (χ0v) is 16.0. The number of esters is 2. The van der Waals surface area contributed by atoms with Crippen molar-refractivity contribution in [2.75, 3.05) is 14.2 Å². The lowest BCUT2D eigenvalue weighted by Gasteiger charge is -2.40. The Morgan fingerprint density at radius 2 is 1.75 bits per heavy atom. The summed E-state index contributed by atoms with van der Waals surface area (Å²) in [6, 6.07) is 5.09. The molecule has 0 spiro atoms. The van der Waals surface area contributed by atoms with Gasteiger partial charge in [0.05, 0.1) is 20.3 Å². The van der Waals surface area contributed by atoms with Gasteiger partial charge in [0.2, 0.25) is 0 Å². The highest BCUT2D eigenvalue weighted by Gasteiger charge is 2.46. The summed E-state index contributed by atoms with van der Waals surface area (Å²) < 4.78 is 25.6. The molecule has 9 nitrogen and oxygen atoms in total. The predicted octanol–water partition coefficient (Wildman–Crippen LogP) is 0.658. The molecule has 1 aliphatic heterocycles. The molecule has 0 bridgehead atoms. The Morgan fingerprint density at radius 1 is 1.07 bits per heavy atom. The molecule has 9 heteroatoms. The Hall–Kier alpha value is -2.62. The molecule has 0 saturated carbocycles. The third kappa shape index (κ3) is 5.22. The van der Waals surface area contributed by atoms with E-state index in [4.69, 9.17) is 23.7 Å². The highest BCUT2D eigenvalue weighted by Crippen LogP contribution is 2.28. The van der Waals surface area contributed by atoms with Crippen LogP contribution in [0.1, 0.15) is 19.4 Å². The highest BCUT2D eigenvalue weighted by atomic mass is 16.7. The van der Waals surface area contributed by atoms with Gasteiger partial charge in [0.1, 0.15) is 6.10 Å². The zero-order chi connectivity index (χ0) is 20.8. The largest absolute Gasteiger partial charge is 0.493 e. The van der Waals surface area contributed by atoms with E-state index in [1.54, 1.807) is 18.2 Å². The third-order valence-electron chi connectivity index (χ3n) is 4.14. The molecule has 0 aromatic heterocycles. The molecule has 5 atom stereocenters. The van der Waals surface area contributed by atoms with Crippen molar-refractivity contribution in [2.24, 2.45) is 0 Å². The number of carbonyl (C=O) groups is 2. The van der Waals surface area contributed by atoms with Gasteiger partial charge in [-0.1, -0.05) is 6.07 Å². The zero-order valence-electron chi connectivity index (χ0n) is 16.0. The lowest BCUT2D eigenvalue weighted by molar-refractivity contribution is -0.284. The number of hydrogen-bond acceptors (Lipinski definition) is 9. The van der Waals surface area contributed by atoms with E-state index in [9.17, 15) is 19.8 Å². The molecule has 0 aliphatic carbocycles. The fourth-order valence-corrected chi connectivity index (χ4v) is 2.79. The Morgan fingerprint density at radius 3 is 2.36 bits per heavy atom. The molecule has 1 saturated heterocycles. The first-order valence-corrected chi connectivity index (χ1v) is 8.56. The van der Waals surface area contributed by atoms with Gasteiger partial charge < -0.3 is 33.9 Å². The van der Waals surface area contributed by atoms with Crippen molar-refractivity contribution in [3.05, 3.63) is 29.8 Å². The number of ether oxygens (including phenoxy) is 5. The summed E-state index contributed by atoms with van der Waals surface area (Å²) >= 11 is 0. The fourth-order valence-electron chi connectivity index (χ4n) is 2.79. The second kappa shape index (κ2) is 9.54. The minimum absolute atomic E-state index is 0.501. The van der Waals surface area contributed by atoms with Crippen LogP contribution in [-0.4, -0.2) is 67.1 Å². The minimum Gasteiger partial charge on any atom is -0.493 e. The summed E-state index contributed by atoms with van der Waals surface area (Å²) in [5.74, 6) is -0.401. The van der Waals surface area contributed by atoms with Crippen LogP contribution in [0.5, 0.6) is 11.5 Å². The Labute approximate surface area is 162 Å². The fraction of sp³-hybridized carbons (Fsp3) is 0.474. The summed E-state index contributed by atoms with van der Waals surface area (Å²) in [6.07, 6.45) is -3.59. The normalized spacial score (nSPS) is 27.3. The lowest BCUT2D eigenvalue weighted by Crippen LogP contribution is -2.59. The predicted molar refractivity (Wildman–Crippen MR) is 96.6 cm³/mol. The SMILES string of the molecule is COc1ccc(C=CC(=O)O[C@@H]2[C@@H](O)[C@@H](OC(C)=O)[C@H](O)O[C@H]2C)cc1OC. The van der Waals surface area contributed by atoms with E-state index in [1.165, 1.54) is 33.3 Å². The molecular weight excluding hydrogens is 372 g/mol. The number of benzene rings is 1. The van der Waals surface area contributed by atoms with Crippen LogP contribution < -0.4 is 9.47 Å². The molecule has 154 valence electrons. The average molecular weight is 396 g/mol. The quantitative estimate of drug-likeness (QED) is 0.527. The van der Waals surface area contributed by atoms with Gasteiger partial charge in [-0.15, -0.1) is 0 Å². The first-order valence-electron chi connectivity index (χ1n) is 8.56. The average Bonchev–Trinajstić information content (AvgIpc) is 2.66. The smallest absolute Gasteiger partial charge is 0.331 e. The molecule has 1 aliphatic rings. The van der Waals surface area contributed by atoms with Gasteiger partial charge in [0.15, 0.2) is 30.0 Å². The Balaban J connectivity index is 2.06. The molecule has 2 N–H and O–H groups in total. The van der Waals surface area contributed by atoms with Crippen LogP contribution in [0.3, 0.4) is 0 Å². The van der Waals surface area contributed by atoms with Crippen molar-refractivity contribution in [1.82, 2.24) is 0 Å². The van der Waals surface area contributed by atoms with Crippen LogP contribution in [-0.2, 0) is 23.8 Å². The monoisotopic (exact) mass is 396 g/mol. The second-order valence-electron chi connectivity index (χ2n) is 6.15. The first kappa shape index (κ1) is 21.7. The molecular formula is C19H24O9. The van der Waals surface area contributed by atoms with E-state index < -0.39 is 42.6 Å². The van der Waals surface area contributed by atoms with E-state index in [2.05, 4.69) is 0 Å².